The van der Waals surface area contributed by atoms with E-state index in [0.717, 1.165) is 11.4 Å². The molecule has 2 aromatic rings. The van der Waals surface area contributed by atoms with E-state index in [9.17, 15) is 8.42 Å². The molecule has 7 heteroatoms. The van der Waals surface area contributed by atoms with Gasteiger partial charge in [0.1, 0.15) is 5.82 Å². The van der Waals surface area contributed by atoms with Gasteiger partial charge in [0.25, 0.3) is 0 Å². The third-order valence-corrected chi connectivity index (χ3v) is 4.00. The Morgan fingerprint density at radius 1 is 1.45 bits per heavy atom. The van der Waals surface area contributed by atoms with Crippen LogP contribution in [0.1, 0.15) is 24.4 Å². The summed E-state index contributed by atoms with van der Waals surface area (Å²) in [6.45, 7) is 2.54. The van der Waals surface area contributed by atoms with E-state index in [2.05, 4.69) is 10.3 Å². The zero-order valence-electron chi connectivity index (χ0n) is 11.4. The van der Waals surface area contributed by atoms with Crippen LogP contribution in [0, 0.1) is 0 Å². The van der Waals surface area contributed by atoms with Crippen LogP contribution in [0.4, 0.5) is 0 Å². The molecular weight excluding hydrogens is 276 g/mol. The van der Waals surface area contributed by atoms with E-state index in [1.54, 1.807) is 18.3 Å². The van der Waals surface area contributed by atoms with Gasteiger partial charge < -0.3 is 9.88 Å². The van der Waals surface area contributed by atoms with E-state index in [1.807, 2.05) is 30.8 Å². The van der Waals surface area contributed by atoms with Crippen molar-refractivity contribution >= 4 is 10.0 Å². The number of nitrogens with one attached hydrogen (secondary N) is 1. The van der Waals surface area contributed by atoms with Crippen molar-refractivity contribution in [3.63, 3.8) is 0 Å². The number of aromatic nitrogens is 2. The molecule has 0 saturated heterocycles. The van der Waals surface area contributed by atoms with Crippen LogP contribution in [-0.4, -0.2) is 18.0 Å². The quantitative estimate of drug-likeness (QED) is 0.858. The molecule has 0 saturated carbocycles. The fourth-order valence-corrected chi connectivity index (χ4v) is 2.57. The van der Waals surface area contributed by atoms with Gasteiger partial charge in [0.05, 0.1) is 10.9 Å². The summed E-state index contributed by atoms with van der Waals surface area (Å²) in [6.07, 6.45) is 3.63. The fourth-order valence-electron chi connectivity index (χ4n) is 1.99. The van der Waals surface area contributed by atoms with Gasteiger partial charge >= 0.3 is 0 Å². The number of sulfonamides is 1. The second-order valence-electron chi connectivity index (χ2n) is 4.69. The van der Waals surface area contributed by atoms with Gasteiger partial charge in [-0.1, -0.05) is 12.1 Å². The molecule has 1 aromatic carbocycles. The molecule has 2 rings (SSSR count). The summed E-state index contributed by atoms with van der Waals surface area (Å²) in [4.78, 5) is 4.40. The van der Waals surface area contributed by atoms with Crippen LogP contribution >= 0.6 is 0 Å². The highest BCUT2D eigenvalue weighted by atomic mass is 32.2. The highest BCUT2D eigenvalue weighted by Crippen LogP contribution is 2.12. The second-order valence-corrected chi connectivity index (χ2v) is 6.25. The van der Waals surface area contributed by atoms with E-state index >= 15 is 0 Å². The maximum absolute atomic E-state index is 11.3. The number of hydrogen-bond acceptors (Lipinski definition) is 4. The van der Waals surface area contributed by atoms with Crippen LogP contribution in [0.3, 0.4) is 0 Å². The molecule has 3 N–H and O–H groups in total. The van der Waals surface area contributed by atoms with Gasteiger partial charge in [-0.05, 0) is 24.6 Å². The number of aryl methyl sites for hydroxylation is 1. The zero-order valence-corrected chi connectivity index (χ0v) is 12.3. The normalized spacial score (nSPS) is 13.3. The summed E-state index contributed by atoms with van der Waals surface area (Å²) < 4.78 is 24.5. The zero-order chi connectivity index (χ0) is 14.8. The van der Waals surface area contributed by atoms with Crippen LogP contribution in [0.5, 0.6) is 0 Å². The molecule has 6 nitrogen and oxygen atoms in total. The van der Waals surface area contributed by atoms with Crippen LogP contribution in [-0.2, 0) is 23.6 Å². The van der Waals surface area contributed by atoms with Crippen LogP contribution in [0.2, 0.25) is 0 Å². The lowest BCUT2D eigenvalue weighted by atomic mass is 10.2. The van der Waals surface area contributed by atoms with Crippen molar-refractivity contribution in [2.75, 3.05) is 0 Å². The molecule has 0 spiro atoms. The minimum Gasteiger partial charge on any atom is -0.337 e. The van der Waals surface area contributed by atoms with E-state index in [0.29, 0.717) is 6.54 Å². The van der Waals surface area contributed by atoms with E-state index in [4.69, 9.17) is 5.14 Å². The first kappa shape index (κ1) is 14.7. The van der Waals surface area contributed by atoms with E-state index in [1.165, 1.54) is 6.07 Å². The molecule has 20 heavy (non-hydrogen) atoms. The number of nitrogens with zero attached hydrogens (tertiary/aromatic N) is 2. The molecule has 0 radical (unpaired) electrons. The molecule has 0 aliphatic rings. The molecule has 0 aliphatic heterocycles. The third-order valence-electron chi connectivity index (χ3n) is 3.09. The monoisotopic (exact) mass is 294 g/mol. The number of benzene rings is 1. The molecule has 1 aromatic heterocycles. The summed E-state index contributed by atoms with van der Waals surface area (Å²) in [5.41, 5.74) is 0.859. The lowest BCUT2D eigenvalue weighted by Gasteiger charge is -2.14. The lowest BCUT2D eigenvalue weighted by Crippen LogP contribution is -2.21. The third kappa shape index (κ3) is 3.44. The molecule has 0 amide bonds. The van der Waals surface area contributed by atoms with Crippen molar-refractivity contribution in [3.8, 4) is 0 Å². The molecule has 1 unspecified atom stereocenters. The van der Waals surface area contributed by atoms with Gasteiger partial charge in [-0.25, -0.2) is 18.5 Å². The topological polar surface area (TPSA) is 90.0 Å². The van der Waals surface area contributed by atoms with E-state index < -0.39 is 10.0 Å². The number of nitrogens with two attached hydrogens (primary N) is 1. The molecule has 0 aliphatic carbocycles. The van der Waals surface area contributed by atoms with E-state index in [-0.39, 0.29) is 10.9 Å². The van der Waals surface area contributed by atoms with Gasteiger partial charge in [0.15, 0.2) is 0 Å². The number of imidazole rings is 1. The van der Waals surface area contributed by atoms with Crippen molar-refractivity contribution in [3.05, 3.63) is 48.0 Å². The largest absolute Gasteiger partial charge is 0.337 e. The second kappa shape index (κ2) is 5.74. The number of primary sulfonamides is 1. The van der Waals surface area contributed by atoms with Crippen LogP contribution in [0.25, 0.3) is 0 Å². The average Bonchev–Trinajstić information content (AvgIpc) is 2.82. The number of hydrogen-bond donors (Lipinski definition) is 2. The predicted molar refractivity (Wildman–Crippen MR) is 76.3 cm³/mol. The Balaban J connectivity index is 2.06. The molecule has 1 atom stereocenters. The van der Waals surface area contributed by atoms with Gasteiger partial charge in [-0.2, -0.15) is 0 Å². The lowest BCUT2D eigenvalue weighted by molar-refractivity contribution is 0.529. The molecule has 108 valence electrons. The van der Waals surface area contributed by atoms with Gasteiger partial charge in [0, 0.05) is 26.0 Å². The number of rotatable bonds is 5. The van der Waals surface area contributed by atoms with Crippen molar-refractivity contribution in [1.29, 1.82) is 0 Å². The summed E-state index contributed by atoms with van der Waals surface area (Å²) >= 11 is 0. The maximum Gasteiger partial charge on any atom is 0.238 e. The fraction of sp³-hybridized carbons (Fsp3) is 0.308. The highest BCUT2D eigenvalue weighted by Gasteiger charge is 2.11. The summed E-state index contributed by atoms with van der Waals surface area (Å²) in [7, 11) is -1.73. The first-order valence-electron chi connectivity index (χ1n) is 6.20. The highest BCUT2D eigenvalue weighted by molar-refractivity contribution is 7.89. The predicted octanol–water partition coefficient (Wildman–Crippen LogP) is 0.918. The molecule has 0 bridgehead atoms. The Labute approximate surface area is 118 Å². The van der Waals surface area contributed by atoms with Gasteiger partial charge in [0.2, 0.25) is 10.0 Å². The van der Waals surface area contributed by atoms with Crippen LogP contribution < -0.4 is 10.5 Å². The van der Waals surface area contributed by atoms with Crippen molar-refractivity contribution in [2.24, 2.45) is 12.2 Å². The van der Waals surface area contributed by atoms with Crippen LogP contribution in [0.15, 0.2) is 41.6 Å². The Morgan fingerprint density at radius 3 is 2.80 bits per heavy atom. The maximum atomic E-state index is 11.3. The van der Waals surface area contributed by atoms with Gasteiger partial charge in [-0.3, -0.25) is 0 Å². The summed E-state index contributed by atoms with van der Waals surface area (Å²) in [5.74, 6) is 0.924. The Hall–Kier alpha value is -1.70. The van der Waals surface area contributed by atoms with Crippen molar-refractivity contribution in [1.82, 2.24) is 14.9 Å². The summed E-state index contributed by atoms with van der Waals surface area (Å²) in [5, 5.41) is 8.42. The molecular formula is C13H18N4O2S. The minimum atomic E-state index is -3.66. The average molecular weight is 294 g/mol. The first-order valence-corrected chi connectivity index (χ1v) is 7.75. The molecule has 0 fully saturated rings. The Kier molecular flexibility index (Phi) is 4.22. The summed E-state index contributed by atoms with van der Waals surface area (Å²) in [6, 6.07) is 6.66. The van der Waals surface area contributed by atoms with Gasteiger partial charge in [-0.15, -0.1) is 0 Å². The Bertz CT molecular complexity index is 694. The minimum absolute atomic E-state index is 0.0631. The van der Waals surface area contributed by atoms with Crippen molar-refractivity contribution in [2.45, 2.75) is 24.4 Å². The smallest absolute Gasteiger partial charge is 0.238 e. The van der Waals surface area contributed by atoms with Crippen molar-refractivity contribution < 1.29 is 8.42 Å². The SMILES string of the molecule is CC(NCc1cccc(S(N)(=O)=O)c1)c1nccn1C. The standard InChI is InChI=1S/C13H18N4O2S/c1-10(13-15-6-7-17(13)2)16-9-11-4-3-5-12(8-11)20(14,18)19/h3-8,10,16H,9H2,1-2H3,(H2,14,18,19). The first-order chi connectivity index (χ1) is 9.38. The molecule has 1 heterocycles. The Morgan fingerprint density at radius 2 is 2.20 bits per heavy atom.